The molecule has 0 amide bonds. The summed E-state index contributed by atoms with van der Waals surface area (Å²) >= 11 is 5.89. The van der Waals surface area contributed by atoms with Crippen molar-refractivity contribution in [2.24, 2.45) is 5.92 Å². The van der Waals surface area contributed by atoms with Crippen molar-refractivity contribution in [2.45, 2.75) is 32.3 Å². The molecule has 1 aromatic rings. The minimum Gasteiger partial charge on any atom is -0.444 e. The lowest BCUT2D eigenvalue weighted by Gasteiger charge is -2.21. The number of carbonyl (C=O) groups is 1. The Hall–Kier alpha value is -2.16. The van der Waals surface area contributed by atoms with Crippen molar-refractivity contribution in [2.75, 3.05) is 0 Å². The minimum absolute atomic E-state index is 0.0711. The molecule has 22 heavy (non-hydrogen) atoms. The molecule has 1 aromatic carbocycles. The molecule has 0 radical (unpaired) electrons. The van der Waals surface area contributed by atoms with Crippen LogP contribution in [0.4, 0.5) is 0 Å². The van der Waals surface area contributed by atoms with E-state index in [0.717, 1.165) is 5.56 Å². The van der Waals surface area contributed by atoms with E-state index in [0.29, 0.717) is 11.4 Å². The summed E-state index contributed by atoms with van der Waals surface area (Å²) in [5.74, 6) is 4.21. The van der Waals surface area contributed by atoms with Crippen molar-refractivity contribution in [3.05, 3.63) is 47.0 Å². The third-order valence-corrected chi connectivity index (χ3v) is 3.36. The molecule has 0 spiro atoms. The summed E-state index contributed by atoms with van der Waals surface area (Å²) in [6.45, 7) is 3.92. The normalized spacial score (nSPS) is 13.4. The predicted molar refractivity (Wildman–Crippen MR) is 90.3 cm³/mol. The number of hydrogen-bond donors (Lipinski definition) is 0. The first-order valence-corrected chi connectivity index (χ1v) is 7.39. The number of ether oxygens (including phenoxy) is 1. The number of halogens is 1. The van der Waals surface area contributed by atoms with Crippen molar-refractivity contribution in [3.63, 3.8) is 0 Å². The number of rotatable bonds is 6. The van der Waals surface area contributed by atoms with E-state index in [2.05, 4.69) is 11.8 Å². The molecule has 2 atom stereocenters. The quantitative estimate of drug-likeness (QED) is 0.447. The summed E-state index contributed by atoms with van der Waals surface area (Å²) in [4.78, 5) is 12.4. The van der Waals surface area contributed by atoms with Crippen LogP contribution < -0.4 is 0 Å². The zero-order chi connectivity index (χ0) is 16.5. The van der Waals surface area contributed by atoms with Gasteiger partial charge in [-0.25, -0.2) is 0 Å². The molecule has 0 aliphatic rings. The van der Waals surface area contributed by atoms with Crippen LogP contribution in [0.15, 0.2) is 36.4 Å². The van der Waals surface area contributed by atoms with Gasteiger partial charge in [-0.1, -0.05) is 49.6 Å². The Kier molecular flexibility index (Phi) is 7.30. The summed E-state index contributed by atoms with van der Waals surface area (Å²) < 4.78 is 5.39. The van der Waals surface area contributed by atoms with E-state index in [1.807, 2.05) is 26.0 Å². The smallest absolute Gasteiger partial charge is 0.315 e. The average Bonchev–Trinajstić information content (AvgIpc) is 2.48. The van der Waals surface area contributed by atoms with Crippen molar-refractivity contribution >= 4 is 17.6 Å². The molecule has 2 nitrogen and oxygen atoms in total. The van der Waals surface area contributed by atoms with Gasteiger partial charge in [-0.3, -0.25) is 4.79 Å². The molecule has 0 saturated heterocycles. The van der Waals surface area contributed by atoms with Crippen LogP contribution in [0, 0.1) is 30.6 Å². The van der Waals surface area contributed by atoms with E-state index in [1.54, 1.807) is 24.3 Å². The lowest BCUT2D eigenvalue weighted by atomic mass is 9.88. The monoisotopic (exact) mass is 314 g/mol. The fourth-order valence-electron chi connectivity index (χ4n) is 2.05. The number of carbonyl (C=O) groups excluding carboxylic acids is 1. The largest absolute Gasteiger partial charge is 0.444 e. The molecular formula is C19H19ClO2. The second-order valence-corrected chi connectivity index (χ2v) is 5.57. The van der Waals surface area contributed by atoms with Gasteiger partial charge < -0.3 is 4.74 Å². The summed E-state index contributed by atoms with van der Waals surface area (Å²) in [5.41, 5.74) is 0.854. The Morgan fingerprint density at radius 2 is 1.95 bits per heavy atom. The summed E-state index contributed by atoms with van der Waals surface area (Å²) in [5, 5.41) is 0.623. The third-order valence-electron chi connectivity index (χ3n) is 3.10. The number of terminal acetylenes is 2. The predicted octanol–water partition coefficient (Wildman–Crippen LogP) is 4.20. The molecular weight excluding hydrogens is 296 g/mol. The molecule has 0 heterocycles. The first kappa shape index (κ1) is 17.9. The van der Waals surface area contributed by atoms with Crippen LogP contribution in [0.2, 0.25) is 5.02 Å². The fraction of sp³-hybridized carbons (Fsp3) is 0.316. The second kappa shape index (κ2) is 8.98. The molecule has 0 bridgehead atoms. The molecule has 2 unspecified atom stereocenters. The molecule has 0 N–H and O–H groups in total. The highest BCUT2D eigenvalue weighted by Crippen LogP contribution is 2.27. The summed E-state index contributed by atoms with van der Waals surface area (Å²) in [6, 6.07) is 7.16. The van der Waals surface area contributed by atoms with E-state index < -0.39 is 12.0 Å². The van der Waals surface area contributed by atoms with E-state index in [-0.39, 0.29) is 11.9 Å². The van der Waals surface area contributed by atoms with E-state index in [1.165, 1.54) is 0 Å². The molecule has 0 saturated carbocycles. The van der Waals surface area contributed by atoms with Gasteiger partial charge in [0, 0.05) is 11.4 Å². The topological polar surface area (TPSA) is 26.3 Å². The molecule has 0 aliphatic carbocycles. The number of hydrogen-bond acceptors (Lipinski definition) is 2. The van der Waals surface area contributed by atoms with E-state index in [9.17, 15) is 4.79 Å². The van der Waals surface area contributed by atoms with Crippen LogP contribution in [0.5, 0.6) is 0 Å². The second-order valence-electron chi connectivity index (χ2n) is 5.13. The van der Waals surface area contributed by atoms with Gasteiger partial charge in [-0.2, -0.15) is 0 Å². The number of benzene rings is 1. The van der Waals surface area contributed by atoms with Gasteiger partial charge in [0.05, 0.1) is 5.92 Å². The van der Waals surface area contributed by atoms with Crippen molar-refractivity contribution in [1.82, 2.24) is 0 Å². The first-order chi connectivity index (χ1) is 10.5. The fourth-order valence-corrected chi connectivity index (χ4v) is 2.18. The zero-order valence-corrected chi connectivity index (χ0v) is 13.5. The van der Waals surface area contributed by atoms with Gasteiger partial charge >= 0.3 is 5.97 Å². The maximum Gasteiger partial charge on any atom is 0.315 e. The zero-order valence-electron chi connectivity index (χ0n) is 12.8. The highest BCUT2D eigenvalue weighted by atomic mass is 35.5. The highest BCUT2D eigenvalue weighted by molar-refractivity contribution is 6.30. The van der Waals surface area contributed by atoms with Crippen LogP contribution in [0.1, 0.15) is 31.7 Å². The van der Waals surface area contributed by atoms with E-state index in [4.69, 9.17) is 29.2 Å². The van der Waals surface area contributed by atoms with Crippen LogP contribution in [0.25, 0.3) is 0 Å². The van der Waals surface area contributed by atoms with Gasteiger partial charge in [0.15, 0.2) is 6.10 Å². The molecule has 0 fully saturated rings. The maximum atomic E-state index is 12.4. The lowest BCUT2D eigenvalue weighted by Crippen LogP contribution is -2.24. The number of allylic oxidation sites excluding steroid dienone is 1. The summed E-state index contributed by atoms with van der Waals surface area (Å²) in [7, 11) is 0. The van der Waals surface area contributed by atoms with Gasteiger partial charge in [0.2, 0.25) is 0 Å². The number of esters is 1. The average molecular weight is 315 g/mol. The van der Waals surface area contributed by atoms with Crippen molar-refractivity contribution < 1.29 is 9.53 Å². The Labute approximate surface area is 137 Å². The van der Waals surface area contributed by atoms with Gasteiger partial charge in [0.1, 0.15) is 0 Å². The maximum absolute atomic E-state index is 12.4. The molecule has 0 aromatic heterocycles. The molecule has 1 rings (SSSR count). The van der Waals surface area contributed by atoms with E-state index >= 15 is 0 Å². The first-order valence-electron chi connectivity index (χ1n) is 7.01. The third kappa shape index (κ3) is 5.32. The van der Waals surface area contributed by atoms with Crippen LogP contribution in [-0.2, 0) is 9.53 Å². The van der Waals surface area contributed by atoms with Gasteiger partial charge in [-0.15, -0.1) is 18.8 Å². The van der Waals surface area contributed by atoms with Crippen LogP contribution >= 0.6 is 11.6 Å². The molecule has 114 valence electrons. The minimum atomic E-state index is -0.714. The Bertz CT molecular complexity index is 600. The van der Waals surface area contributed by atoms with Crippen molar-refractivity contribution in [1.29, 1.82) is 0 Å². The molecule has 3 heteroatoms. The van der Waals surface area contributed by atoms with Crippen LogP contribution in [-0.4, -0.2) is 12.1 Å². The highest BCUT2D eigenvalue weighted by Gasteiger charge is 2.27. The van der Waals surface area contributed by atoms with Gasteiger partial charge in [0.25, 0.3) is 0 Å². The Balaban J connectivity index is 2.88. The van der Waals surface area contributed by atoms with Crippen molar-refractivity contribution in [3.8, 4) is 24.7 Å². The SMILES string of the molecule is C#CC/C=C/C(C#C)OC(=O)C(c1ccc(Cl)cc1)C(C)C. The summed E-state index contributed by atoms with van der Waals surface area (Å²) in [6.07, 6.45) is 13.6. The van der Waals surface area contributed by atoms with Gasteiger partial charge in [-0.05, 0) is 29.7 Å². The standard InChI is InChI=1S/C19H19ClO2/c1-5-7-8-9-17(6-2)22-19(21)18(14(3)4)15-10-12-16(20)13-11-15/h1-2,8-14,17-18H,7H2,3-4H3/b9-8+. The molecule has 0 aliphatic heterocycles. The van der Waals surface area contributed by atoms with Crippen LogP contribution in [0.3, 0.4) is 0 Å². The lowest BCUT2D eigenvalue weighted by molar-refractivity contribution is -0.147. The Morgan fingerprint density at radius 3 is 2.45 bits per heavy atom. The Morgan fingerprint density at radius 1 is 1.32 bits per heavy atom.